The van der Waals surface area contributed by atoms with Crippen molar-refractivity contribution < 1.29 is 44.7 Å². The number of aromatic hydroxyl groups is 3. The molecule has 2 rings (SSSR count). The van der Waals surface area contributed by atoms with Gasteiger partial charge in [0.15, 0.2) is 6.04 Å². The number of hydrogen-bond acceptors (Lipinski definition) is 8. The summed E-state index contributed by atoms with van der Waals surface area (Å²) in [6.07, 6.45) is -1.38. The van der Waals surface area contributed by atoms with E-state index in [-0.39, 0.29) is 33.8 Å². The number of aliphatic carboxylic acids is 1. The van der Waals surface area contributed by atoms with Crippen molar-refractivity contribution in [3.05, 3.63) is 45.5 Å². The van der Waals surface area contributed by atoms with Gasteiger partial charge in [0.1, 0.15) is 28.6 Å². The van der Waals surface area contributed by atoms with Gasteiger partial charge in [-0.25, -0.2) is 9.59 Å². The number of aliphatic hydroxyl groups is 1. The molecule has 10 nitrogen and oxygen atoms in total. The Hall–Kier alpha value is -3.79. The number of carbonyl (C=O) groups is 3. The van der Waals surface area contributed by atoms with Crippen LogP contribution in [0, 0.1) is 27.7 Å². The van der Waals surface area contributed by atoms with E-state index in [2.05, 4.69) is 5.32 Å². The molecule has 0 aromatic heterocycles. The van der Waals surface area contributed by atoms with Crippen LogP contribution in [0.1, 0.15) is 49.9 Å². The average molecular weight is 447 g/mol. The highest BCUT2D eigenvalue weighted by atomic mass is 16.5. The van der Waals surface area contributed by atoms with Crippen molar-refractivity contribution in [3.63, 3.8) is 0 Å². The van der Waals surface area contributed by atoms with Gasteiger partial charge < -0.3 is 35.6 Å². The van der Waals surface area contributed by atoms with Gasteiger partial charge in [-0.15, -0.1) is 0 Å². The molecule has 0 spiro atoms. The number of esters is 1. The highest BCUT2D eigenvalue weighted by Gasteiger charge is 2.28. The number of hydrogen-bond donors (Lipinski definition) is 6. The molecule has 1 amide bonds. The van der Waals surface area contributed by atoms with Crippen LogP contribution in [0.15, 0.2) is 12.1 Å². The lowest BCUT2D eigenvalue weighted by Crippen LogP contribution is -2.47. The topological polar surface area (TPSA) is 174 Å². The molecule has 172 valence electrons. The first-order valence-electron chi connectivity index (χ1n) is 9.57. The number of aliphatic hydroxyl groups excluding tert-OH is 1. The molecule has 0 bridgehead atoms. The lowest BCUT2D eigenvalue weighted by molar-refractivity contribution is -0.141. The zero-order valence-electron chi connectivity index (χ0n) is 18.2. The molecule has 6 N–H and O–H groups in total. The normalized spacial score (nSPS) is 12.7. The summed E-state index contributed by atoms with van der Waals surface area (Å²) in [5, 5.41) is 51.4. The van der Waals surface area contributed by atoms with E-state index in [0.717, 1.165) is 6.07 Å². The predicted octanol–water partition coefficient (Wildman–Crippen LogP) is 1.82. The van der Waals surface area contributed by atoms with E-state index < -0.39 is 41.5 Å². The molecule has 0 saturated carbocycles. The lowest BCUT2D eigenvalue weighted by atomic mass is 9.97. The van der Waals surface area contributed by atoms with Gasteiger partial charge in [-0.2, -0.15) is 0 Å². The van der Waals surface area contributed by atoms with E-state index in [1.54, 1.807) is 6.92 Å². The standard InChI is InChI=1S/C22H25NO9/c1-8-6-13(7-14(25)15(8)20(28)23-17(12(5)24)21(29)30)32-22(31)16-9(2)10(3)18(26)11(4)19(16)27/h6-7,12,17,24-27H,1-5H3,(H,23,28)(H,29,30)/t12-,17-/m1/s1. The number of benzene rings is 2. The lowest BCUT2D eigenvalue weighted by Gasteiger charge is -2.19. The molecular weight excluding hydrogens is 422 g/mol. The van der Waals surface area contributed by atoms with Crippen LogP contribution >= 0.6 is 0 Å². The van der Waals surface area contributed by atoms with Gasteiger partial charge in [-0.3, -0.25) is 4.79 Å². The molecule has 0 aliphatic heterocycles. The fourth-order valence-corrected chi connectivity index (χ4v) is 3.22. The van der Waals surface area contributed by atoms with Crippen molar-refractivity contribution in [1.82, 2.24) is 5.32 Å². The van der Waals surface area contributed by atoms with Crippen LogP contribution < -0.4 is 10.1 Å². The number of rotatable bonds is 6. The van der Waals surface area contributed by atoms with Crippen LogP contribution in [0.4, 0.5) is 0 Å². The summed E-state index contributed by atoms with van der Waals surface area (Å²) in [5.41, 5.74) is 0.566. The van der Waals surface area contributed by atoms with Crippen molar-refractivity contribution >= 4 is 17.8 Å². The van der Waals surface area contributed by atoms with E-state index in [4.69, 9.17) is 9.84 Å². The second-order valence-corrected chi connectivity index (χ2v) is 7.50. The van der Waals surface area contributed by atoms with Gasteiger partial charge in [0.2, 0.25) is 0 Å². The minimum absolute atomic E-state index is 0.109. The Balaban J connectivity index is 2.37. The smallest absolute Gasteiger partial charge is 0.347 e. The van der Waals surface area contributed by atoms with Crippen LogP contribution in [-0.2, 0) is 4.79 Å². The van der Waals surface area contributed by atoms with Crippen LogP contribution in [0.5, 0.6) is 23.0 Å². The van der Waals surface area contributed by atoms with E-state index >= 15 is 0 Å². The quantitative estimate of drug-likeness (QED) is 0.285. The molecule has 32 heavy (non-hydrogen) atoms. The molecular formula is C22H25NO9. The Bertz CT molecular complexity index is 1050. The number of ether oxygens (including phenoxy) is 1. The summed E-state index contributed by atoms with van der Waals surface area (Å²) in [6.45, 7) is 7.17. The molecule has 2 aromatic carbocycles. The molecule has 0 aliphatic rings. The monoisotopic (exact) mass is 447 g/mol. The highest BCUT2D eigenvalue weighted by molar-refractivity contribution is 6.01. The molecule has 0 radical (unpaired) electrons. The Kier molecular flexibility index (Phi) is 7.00. The Morgan fingerprint density at radius 2 is 1.50 bits per heavy atom. The Morgan fingerprint density at radius 3 is 2.00 bits per heavy atom. The maximum absolute atomic E-state index is 12.7. The summed E-state index contributed by atoms with van der Waals surface area (Å²) in [7, 11) is 0. The minimum Gasteiger partial charge on any atom is -0.507 e. The minimum atomic E-state index is -1.59. The summed E-state index contributed by atoms with van der Waals surface area (Å²) in [4.78, 5) is 36.3. The molecule has 0 aliphatic carbocycles. The number of aryl methyl sites for hydroxylation is 1. The average Bonchev–Trinajstić information content (AvgIpc) is 2.68. The molecule has 2 atom stereocenters. The molecule has 10 heteroatoms. The van der Waals surface area contributed by atoms with Crippen molar-refractivity contribution in [1.29, 1.82) is 0 Å². The fourth-order valence-electron chi connectivity index (χ4n) is 3.22. The number of nitrogens with one attached hydrogen (secondary N) is 1. The third-order valence-electron chi connectivity index (χ3n) is 5.20. The number of carboxylic acids is 1. The van der Waals surface area contributed by atoms with Gasteiger partial charge in [-0.1, -0.05) is 0 Å². The van der Waals surface area contributed by atoms with E-state index in [0.29, 0.717) is 11.1 Å². The van der Waals surface area contributed by atoms with E-state index in [9.17, 15) is 34.8 Å². The number of phenolic OH excluding ortho intramolecular Hbond substituents is 3. The molecule has 0 saturated heterocycles. The SMILES string of the molecule is Cc1cc(OC(=O)c2c(C)c(C)c(O)c(C)c2O)cc(O)c1C(=O)N[C@@H](C(=O)O)[C@@H](C)O. The van der Waals surface area contributed by atoms with Crippen molar-refractivity contribution in [2.75, 3.05) is 0 Å². The summed E-state index contributed by atoms with van der Waals surface area (Å²) < 4.78 is 5.26. The second-order valence-electron chi connectivity index (χ2n) is 7.50. The largest absolute Gasteiger partial charge is 0.507 e. The molecule has 0 unspecified atom stereocenters. The van der Waals surface area contributed by atoms with Crippen LogP contribution in [0.25, 0.3) is 0 Å². The maximum Gasteiger partial charge on any atom is 0.347 e. The van der Waals surface area contributed by atoms with Crippen LogP contribution in [0.2, 0.25) is 0 Å². The number of carboxylic acid groups (broad SMARTS) is 1. The van der Waals surface area contributed by atoms with Gasteiger partial charge >= 0.3 is 11.9 Å². The fraction of sp³-hybridized carbons (Fsp3) is 0.318. The zero-order chi connectivity index (χ0) is 24.5. The third-order valence-corrected chi connectivity index (χ3v) is 5.20. The van der Waals surface area contributed by atoms with Gasteiger partial charge in [0.25, 0.3) is 5.91 Å². The zero-order valence-corrected chi connectivity index (χ0v) is 18.2. The number of amides is 1. The molecule has 2 aromatic rings. The van der Waals surface area contributed by atoms with Crippen LogP contribution in [0.3, 0.4) is 0 Å². The van der Waals surface area contributed by atoms with Gasteiger partial charge in [0.05, 0.1) is 11.7 Å². The maximum atomic E-state index is 12.7. The van der Waals surface area contributed by atoms with Crippen molar-refractivity contribution in [2.45, 2.75) is 46.8 Å². The van der Waals surface area contributed by atoms with Crippen LogP contribution in [-0.4, -0.2) is 55.5 Å². The Labute approximate surface area is 183 Å². The summed E-state index contributed by atoms with van der Waals surface area (Å²) >= 11 is 0. The van der Waals surface area contributed by atoms with Crippen molar-refractivity contribution in [2.24, 2.45) is 0 Å². The van der Waals surface area contributed by atoms with E-state index in [1.807, 2.05) is 0 Å². The second kappa shape index (κ2) is 9.15. The predicted molar refractivity (Wildman–Crippen MR) is 112 cm³/mol. The number of phenols is 3. The summed E-state index contributed by atoms with van der Waals surface area (Å²) in [6, 6.07) is 0.674. The first-order chi connectivity index (χ1) is 14.8. The first-order valence-corrected chi connectivity index (χ1v) is 9.57. The highest BCUT2D eigenvalue weighted by Crippen LogP contribution is 2.37. The van der Waals surface area contributed by atoms with Crippen molar-refractivity contribution in [3.8, 4) is 23.0 Å². The van der Waals surface area contributed by atoms with Gasteiger partial charge in [-0.05, 0) is 57.4 Å². The summed E-state index contributed by atoms with van der Waals surface area (Å²) in [5.74, 6) is -4.63. The van der Waals surface area contributed by atoms with Gasteiger partial charge in [0, 0.05) is 11.6 Å². The van der Waals surface area contributed by atoms with E-state index in [1.165, 1.54) is 33.8 Å². The number of carbonyl (C=O) groups excluding carboxylic acids is 2. The Morgan fingerprint density at radius 1 is 0.906 bits per heavy atom. The molecule has 0 fully saturated rings. The first kappa shape index (κ1) is 24.5. The molecule has 0 heterocycles. The third kappa shape index (κ3) is 4.59.